The number of nitrogens with two attached hydrogens (primary N) is 1. The molecule has 0 aromatic heterocycles. The molecule has 0 radical (unpaired) electrons. The first-order chi connectivity index (χ1) is 6.29. The normalized spacial score (nSPS) is 9.15. The van der Waals surface area contributed by atoms with Crippen LogP contribution in [0.5, 0.6) is 0 Å². The molecule has 0 bridgehead atoms. The van der Waals surface area contributed by atoms with Gasteiger partial charge in [0.05, 0.1) is 6.07 Å². The van der Waals surface area contributed by atoms with Gasteiger partial charge in [-0.1, -0.05) is 12.1 Å². The minimum Gasteiger partial charge on any atom is -0.398 e. The highest BCUT2D eigenvalue weighted by atomic mass is 16.1. The molecule has 0 saturated heterocycles. The van der Waals surface area contributed by atoms with Crippen molar-refractivity contribution in [3.05, 3.63) is 29.3 Å². The second-order valence-corrected chi connectivity index (χ2v) is 2.70. The van der Waals surface area contributed by atoms with E-state index in [1.54, 1.807) is 12.1 Å². The Balaban J connectivity index is 2.95. The van der Waals surface area contributed by atoms with Gasteiger partial charge in [0.2, 0.25) is 0 Å². The summed E-state index contributed by atoms with van der Waals surface area (Å²) in [7, 11) is 0. The molecule has 0 atom stereocenters. The maximum atomic E-state index is 10.5. The Labute approximate surface area is 76.8 Å². The van der Waals surface area contributed by atoms with Crippen molar-refractivity contribution < 1.29 is 4.79 Å². The van der Waals surface area contributed by atoms with Crippen LogP contribution in [0.2, 0.25) is 0 Å². The van der Waals surface area contributed by atoms with E-state index in [-0.39, 0.29) is 0 Å². The van der Waals surface area contributed by atoms with Crippen LogP contribution in [0.3, 0.4) is 0 Å². The molecule has 0 fully saturated rings. The SMILES string of the molecule is N#CCCc1cccc(C=O)c1N. The van der Waals surface area contributed by atoms with E-state index in [0.29, 0.717) is 24.1 Å². The smallest absolute Gasteiger partial charge is 0.152 e. The van der Waals surface area contributed by atoms with Crippen LogP contribution in [0.15, 0.2) is 18.2 Å². The molecule has 0 unspecified atom stereocenters. The number of benzene rings is 1. The molecular formula is C10H10N2O. The Bertz CT molecular complexity index is 352. The molecule has 0 aliphatic rings. The second kappa shape index (κ2) is 4.27. The predicted molar refractivity (Wildman–Crippen MR) is 50.2 cm³/mol. The standard InChI is InChI=1S/C10H10N2O/c11-6-2-5-8-3-1-4-9(7-13)10(8)12/h1,3-4,7H,2,5,12H2. The third kappa shape index (κ3) is 2.06. The first kappa shape index (κ1) is 9.27. The highest BCUT2D eigenvalue weighted by molar-refractivity contribution is 5.84. The number of carbonyl (C=O) groups excluding carboxylic acids is 1. The molecule has 0 spiro atoms. The van der Waals surface area contributed by atoms with Gasteiger partial charge in [0.1, 0.15) is 0 Å². The van der Waals surface area contributed by atoms with Crippen molar-refractivity contribution in [2.45, 2.75) is 12.8 Å². The number of nitrogen functional groups attached to an aromatic ring is 1. The summed E-state index contributed by atoms with van der Waals surface area (Å²) in [5, 5.41) is 8.38. The molecule has 2 N–H and O–H groups in total. The van der Waals surface area contributed by atoms with Crippen molar-refractivity contribution in [2.75, 3.05) is 5.73 Å². The number of rotatable bonds is 3. The van der Waals surface area contributed by atoms with E-state index in [2.05, 4.69) is 0 Å². The van der Waals surface area contributed by atoms with Crippen LogP contribution >= 0.6 is 0 Å². The van der Waals surface area contributed by atoms with Gasteiger partial charge in [-0.25, -0.2) is 0 Å². The summed E-state index contributed by atoms with van der Waals surface area (Å²) in [6.07, 6.45) is 1.75. The number of aryl methyl sites for hydroxylation is 1. The lowest BCUT2D eigenvalue weighted by molar-refractivity contribution is 0.112. The Morgan fingerprint density at radius 1 is 1.54 bits per heavy atom. The summed E-state index contributed by atoms with van der Waals surface area (Å²) in [4.78, 5) is 10.5. The monoisotopic (exact) mass is 174 g/mol. The topological polar surface area (TPSA) is 66.9 Å². The number of para-hydroxylation sites is 1. The van der Waals surface area contributed by atoms with E-state index in [1.807, 2.05) is 12.1 Å². The number of hydrogen-bond donors (Lipinski definition) is 1. The fourth-order valence-electron chi connectivity index (χ4n) is 1.14. The van der Waals surface area contributed by atoms with Gasteiger partial charge in [0.25, 0.3) is 0 Å². The third-order valence-corrected chi connectivity index (χ3v) is 1.86. The molecule has 0 heterocycles. The van der Waals surface area contributed by atoms with Crippen LogP contribution in [0.25, 0.3) is 0 Å². The minimum atomic E-state index is 0.423. The molecule has 1 rings (SSSR count). The van der Waals surface area contributed by atoms with Gasteiger partial charge < -0.3 is 5.73 Å². The number of carbonyl (C=O) groups is 1. The average molecular weight is 174 g/mol. The molecule has 66 valence electrons. The van der Waals surface area contributed by atoms with Crippen molar-refractivity contribution in [1.29, 1.82) is 5.26 Å². The molecule has 3 heteroatoms. The largest absolute Gasteiger partial charge is 0.398 e. The van der Waals surface area contributed by atoms with Crippen molar-refractivity contribution >= 4 is 12.0 Å². The first-order valence-electron chi connectivity index (χ1n) is 3.99. The predicted octanol–water partition coefficient (Wildman–Crippen LogP) is 1.54. The Morgan fingerprint density at radius 2 is 2.31 bits per heavy atom. The molecule has 0 amide bonds. The summed E-state index contributed by atoms with van der Waals surface area (Å²) < 4.78 is 0. The summed E-state index contributed by atoms with van der Waals surface area (Å²) >= 11 is 0. The zero-order valence-corrected chi connectivity index (χ0v) is 7.16. The van der Waals surface area contributed by atoms with E-state index in [0.717, 1.165) is 11.8 Å². The fraction of sp³-hybridized carbons (Fsp3) is 0.200. The molecule has 0 saturated carbocycles. The first-order valence-corrected chi connectivity index (χ1v) is 3.99. The second-order valence-electron chi connectivity index (χ2n) is 2.70. The van der Waals surface area contributed by atoms with Crippen LogP contribution < -0.4 is 5.73 Å². The minimum absolute atomic E-state index is 0.423. The molecule has 0 aliphatic heterocycles. The van der Waals surface area contributed by atoms with Crippen molar-refractivity contribution in [3.63, 3.8) is 0 Å². The molecule has 1 aromatic rings. The van der Waals surface area contributed by atoms with Crippen LogP contribution in [0, 0.1) is 11.3 Å². The van der Waals surface area contributed by atoms with Gasteiger partial charge in [-0.3, -0.25) is 4.79 Å². The van der Waals surface area contributed by atoms with Gasteiger partial charge in [0, 0.05) is 17.7 Å². The summed E-state index contributed by atoms with van der Waals surface area (Å²) in [5.74, 6) is 0. The Morgan fingerprint density at radius 3 is 2.92 bits per heavy atom. The number of hydrogen-bond acceptors (Lipinski definition) is 3. The van der Waals surface area contributed by atoms with Crippen molar-refractivity contribution in [1.82, 2.24) is 0 Å². The van der Waals surface area contributed by atoms with Gasteiger partial charge in [-0.05, 0) is 18.1 Å². The van der Waals surface area contributed by atoms with Crippen molar-refractivity contribution in [3.8, 4) is 6.07 Å². The zero-order valence-electron chi connectivity index (χ0n) is 7.16. The molecular weight excluding hydrogens is 164 g/mol. The number of aldehydes is 1. The number of anilines is 1. The molecule has 1 aromatic carbocycles. The summed E-state index contributed by atoms with van der Waals surface area (Å²) in [6, 6.07) is 7.31. The molecule has 0 aliphatic carbocycles. The molecule has 3 nitrogen and oxygen atoms in total. The van der Waals surface area contributed by atoms with E-state index in [9.17, 15) is 4.79 Å². The van der Waals surface area contributed by atoms with E-state index < -0.39 is 0 Å². The van der Waals surface area contributed by atoms with E-state index >= 15 is 0 Å². The quantitative estimate of drug-likeness (QED) is 0.558. The average Bonchev–Trinajstić information content (AvgIpc) is 2.16. The van der Waals surface area contributed by atoms with Gasteiger partial charge in [-0.15, -0.1) is 0 Å². The lowest BCUT2D eigenvalue weighted by Gasteiger charge is -2.04. The maximum absolute atomic E-state index is 10.5. The lowest BCUT2D eigenvalue weighted by Crippen LogP contribution is -1.98. The van der Waals surface area contributed by atoms with Crippen LogP contribution in [0.4, 0.5) is 5.69 Å². The van der Waals surface area contributed by atoms with E-state index in [1.165, 1.54) is 0 Å². The summed E-state index contributed by atoms with van der Waals surface area (Å²) in [5.41, 5.74) is 7.55. The highest BCUT2D eigenvalue weighted by Gasteiger charge is 2.02. The van der Waals surface area contributed by atoms with Gasteiger partial charge in [-0.2, -0.15) is 5.26 Å². The van der Waals surface area contributed by atoms with E-state index in [4.69, 9.17) is 11.0 Å². The highest BCUT2D eigenvalue weighted by Crippen LogP contribution is 2.16. The molecule has 13 heavy (non-hydrogen) atoms. The number of nitrogens with zero attached hydrogens (tertiary/aromatic N) is 1. The Hall–Kier alpha value is -1.82. The van der Waals surface area contributed by atoms with Gasteiger partial charge >= 0.3 is 0 Å². The van der Waals surface area contributed by atoms with Crippen LogP contribution in [-0.2, 0) is 6.42 Å². The zero-order chi connectivity index (χ0) is 9.68. The van der Waals surface area contributed by atoms with Crippen LogP contribution in [-0.4, -0.2) is 6.29 Å². The Kier molecular flexibility index (Phi) is 3.04. The third-order valence-electron chi connectivity index (χ3n) is 1.86. The number of nitriles is 1. The van der Waals surface area contributed by atoms with Crippen LogP contribution in [0.1, 0.15) is 22.3 Å². The fourth-order valence-corrected chi connectivity index (χ4v) is 1.14. The lowest BCUT2D eigenvalue weighted by atomic mass is 10.0. The van der Waals surface area contributed by atoms with Crippen molar-refractivity contribution in [2.24, 2.45) is 0 Å². The van der Waals surface area contributed by atoms with Gasteiger partial charge in [0.15, 0.2) is 6.29 Å². The maximum Gasteiger partial charge on any atom is 0.152 e. The summed E-state index contributed by atoms with van der Waals surface area (Å²) in [6.45, 7) is 0.